The number of nitrogens with zero attached hydrogens (tertiary/aromatic N) is 2. The second-order valence-corrected chi connectivity index (χ2v) is 7.63. The summed E-state index contributed by atoms with van der Waals surface area (Å²) in [5.41, 5.74) is 1.54. The molecule has 1 N–H and O–H groups in total. The van der Waals surface area contributed by atoms with Gasteiger partial charge in [-0.1, -0.05) is 55.2 Å². The Morgan fingerprint density at radius 3 is 2.21 bits per heavy atom. The number of para-hydroxylation sites is 1. The third-order valence-electron chi connectivity index (χ3n) is 4.56. The largest absolute Gasteiger partial charge is 0.494 e. The summed E-state index contributed by atoms with van der Waals surface area (Å²) in [6.45, 7) is 3.92. The van der Waals surface area contributed by atoms with Gasteiger partial charge in [0.25, 0.3) is 11.5 Å². The lowest BCUT2D eigenvalue weighted by Gasteiger charge is -2.13. The SMILES string of the molecule is COc1c(Cl)cc(C(=O)Nc2c(C(C)C)n(C)n(-c3ccccc3)c2=O)cc1Cl. The first-order valence-corrected chi connectivity index (χ1v) is 9.73. The number of anilines is 1. The second-order valence-electron chi connectivity index (χ2n) is 6.82. The topological polar surface area (TPSA) is 65.3 Å². The first-order valence-electron chi connectivity index (χ1n) is 8.98. The molecule has 6 nitrogen and oxygen atoms in total. The van der Waals surface area contributed by atoms with E-state index in [1.165, 1.54) is 23.9 Å². The van der Waals surface area contributed by atoms with Gasteiger partial charge < -0.3 is 10.1 Å². The Morgan fingerprint density at radius 1 is 1.10 bits per heavy atom. The molecule has 0 saturated heterocycles. The van der Waals surface area contributed by atoms with Crippen molar-refractivity contribution in [3.8, 4) is 11.4 Å². The Kier molecular flexibility index (Phi) is 6.05. The lowest BCUT2D eigenvalue weighted by atomic mass is 10.1. The molecule has 0 saturated carbocycles. The molecule has 0 bridgehead atoms. The van der Waals surface area contributed by atoms with Crippen molar-refractivity contribution >= 4 is 34.8 Å². The molecule has 0 aliphatic heterocycles. The Hall–Kier alpha value is -2.70. The zero-order chi connectivity index (χ0) is 21.3. The van der Waals surface area contributed by atoms with E-state index >= 15 is 0 Å². The molecular weight excluding hydrogens is 413 g/mol. The standard InChI is InChI=1S/C21H21Cl2N3O3/c1-12(2)18-17(21(28)26(25(18)3)14-8-6-5-7-9-14)24-20(27)13-10-15(22)19(29-4)16(23)11-13/h5-12H,1-4H3,(H,24,27). The highest BCUT2D eigenvalue weighted by Crippen LogP contribution is 2.34. The molecule has 152 valence electrons. The molecule has 1 aromatic heterocycles. The number of ether oxygens (including phenoxy) is 1. The monoisotopic (exact) mass is 433 g/mol. The van der Waals surface area contributed by atoms with E-state index in [9.17, 15) is 9.59 Å². The number of amides is 1. The van der Waals surface area contributed by atoms with Gasteiger partial charge in [0.05, 0.1) is 28.5 Å². The van der Waals surface area contributed by atoms with E-state index in [0.29, 0.717) is 17.1 Å². The van der Waals surface area contributed by atoms with Crippen molar-refractivity contribution in [1.82, 2.24) is 9.36 Å². The second kappa shape index (κ2) is 8.35. The zero-order valence-corrected chi connectivity index (χ0v) is 18.0. The molecule has 1 amide bonds. The lowest BCUT2D eigenvalue weighted by molar-refractivity contribution is 0.102. The van der Waals surface area contributed by atoms with E-state index in [0.717, 1.165) is 0 Å². The summed E-state index contributed by atoms with van der Waals surface area (Å²) in [6, 6.07) is 12.2. The van der Waals surface area contributed by atoms with Gasteiger partial charge >= 0.3 is 0 Å². The van der Waals surface area contributed by atoms with Crippen molar-refractivity contribution in [2.45, 2.75) is 19.8 Å². The number of nitrogens with one attached hydrogen (secondary N) is 1. The number of hydrogen-bond acceptors (Lipinski definition) is 3. The smallest absolute Gasteiger partial charge is 0.295 e. The van der Waals surface area contributed by atoms with Crippen LogP contribution in [0.25, 0.3) is 5.69 Å². The Morgan fingerprint density at radius 2 is 1.69 bits per heavy atom. The van der Waals surface area contributed by atoms with Crippen LogP contribution in [0.5, 0.6) is 5.75 Å². The number of hydrogen-bond donors (Lipinski definition) is 1. The minimum Gasteiger partial charge on any atom is -0.494 e. The van der Waals surface area contributed by atoms with Gasteiger partial charge in [0, 0.05) is 12.6 Å². The number of benzene rings is 2. The molecule has 1 heterocycles. The summed E-state index contributed by atoms with van der Waals surface area (Å²) in [5, 5.41) is 3.17. The third-order valence-corrected chi connectivity index (χ3v) is 5.12. The van der Waals surface area contributed by atoms with Crippen molar-refractivity contribution in [3.63, 3.8) is 0 Å². The van der Waals surface area contributed by atoms with E-state index in [1.54, 1.807) is 11.7 Å². The van der Waals surface area contributed by atoms with Crippen LogP contribution in [-0.2, 0) is 7.05 Å². The van der Waals surface area contributed by atoms with Gasteiger partial charge in [-0.05, 0) is 30.2 Å². The quantitative estimate of drug-likeness (QED) is 0.624. The minimum atomic E-state index is -0.485. The van der Waals surface area contributed by atoms with Gasteiger partial charge in [0.15, 0.2) is 5.75 Å². The summed E-state index contributed by atoms with van der Waals surface area (Å²) in [5.74, 6) is -0.198. The molecule has 0 radical (unpaired) electrons. The van der Waals surface area contributed by atoms with E-state index in [4.69, 9.17) is 27.9 Å². The highest BCUT2D eigenvalue weighted by Gasteiger charge is 2.24. The van der Waals surface area contributed by atoms with Gasteiger partial charge in [-0.15, -0.1) is 0 Å². The van der Waals surface area contributed by atoms with E-state index in [2.05, 4.69) is 5.32 Å². The number of aromatic nitrogens is 2. The van der Waals surface area contributed by atoms with Crippen molar-refractivity contribution in [2.24, 2.45) is 7.05 Å². The predicted molar refractivity (Wildman–Crippen MR) is 116 cm³/mol. The van der Waals surface area contributed by atoms with Crippen LogP contribution in [0.2, 0.25) is 10.0 Å². The predicted octanol–water partition coefficient (Wildman–Crippen LogP) is 4.87. The third kappa shape index (κ3) is 3.91. The molecule has 3 aromatic rings. The average Bonchev–Trinajstić information content (AvgIpc) is 2.92. The number of methoxy groups -OCH3 is 1. The van der Waals surface area contributed by atoms with Gasteiger partial charge in [-0.3, -0.25) is 14.3 Å². The van der Waals surface area contributed by atoms with E-state index in [-0.39, 0.29) is 32.8 Å². The van der Waals surface area contributed by atoms with E-state index in [1.807, 2.05) is 44.2 Å². The van der Waals surface area contributed by atoms with Crippen molar-refractivity contribution in [1.29, 1.82) is 0 Å². The van der Waals surface area contributed by atoms with Crippen LogP contribution in [0.4, 0.5) is 5.69 Å². The highest BCUT2D eigenvalue weighted by molar-refractivity contribution is 6.37. The minimum absolute atomic E-state index is 0.00370. The van der Waals surface area contributed by atoms with Crippen LogP contribution < -0.4 is 15.6 Å². The summed E-state index contributed by atoms with van der Waals surface area (Å²) < 4.78 is 8.40. The van der Waals surface area contributed by atoms with Gasteiger partial charge in [0.1, 0.15) is 5.69 Å². The molecule has 0 unspecified atom stereocenters. The molecule has 0 atom stereocenters. The maximum absolute atomic E-state index is 13.2. The van der Waals surface area contributed by atoms with Gasteiger partial charge in [0.2, 0.25) is 0 Å². The first kappa shape index (κ1) is 21.0. The molecule has 29 heavy (non-hydrogen) atoms. The number of halogens is 2. The normalized spacial score (nSPS) is 11.0. The number of carbonyl (C=O) groups is 1. The van der Waals surface area contributed by atoms with Crippen molar-refractivity contribution in [2.75, 3.05) is 12.4 Å². The van der Waals surface area contributed by atoms with Gasteiger partial charge in [-0.2, -0.15) is 0 Å². The Bertz CT molecular complexity index is 1100. The molecule has 8 heteroatoms. The van der Waals surface area contributed by atoms with Crippen molar-refractivity contribution in [3.05, 3.63) is 74.1 Å². The van der Waals surface area contributed by atoms with Crippen LogP contribution in [0.15, 0.2) is 47.3 Å². The lowest BCUT2D eigenvalue weighted by Crippen LogP contribution is -2.23. The van der Waals surface area contributed by atoms with Crippen LogP contribution in [0.3, 0.4) is 0 Å². The fourth-order valence-electron chi connectivity index (χ4n) is 3.33. The van der Waals surface area contributed by atoms with Crippen molar-refractivity contribution < 1.29 is 9.53 Å². The Labute approximate surface area is 178 Å². The first-order chi connectivity index (χ1) is 13.8. The van der Waals surface area contributed by atoms with Crippen LogP contribution in [0.1, 0.15) is 35.8 Å². The average molecular weight is 434 g/mol. The maximum Gasteiger partial charge on any atom is 0.295 e. The molecule has 0 aliphatic carbocycles. The summed E-state index contributed by atoms with van der Waals surface area (Å²) in [6.07, 6.45) is 0. The molecule has 3 rings (SSSR count). The molecule has 0 aliphatic rings. The van der Waals surface area contributed by atoms with E-state index < -0.39 is 5.91 Å². The molecule has 2 aromatic carbocycles. The zero-order valence-electron chi connectivity index (χ0n) is 16.5. The maximum atomic E-state index is 13.2. The summed E-state index contributed by atoms with van der Waals surface area (Å²) >= 11 is 12.3. The summed E-state index contributed by atoms with van der Waals surface area (Å²) in [4.78, 5) is 26.0. The highest BCUT2D eigenvalue weighted by atomic mass is 35.5. The summed E-state index contributed by atoms with van der Waals surface area (Å²) in [7, 11) is 3.23. The molecular formula is C21H21Cl2N3O3. The molecule has 0 fully saturated rings. The fraction of sp³-hybridized carbons (Fsp3) is 0.238. The number of rotatable bonds is 5. The van der Waals surface area contributed by atoms with Crippen LogP contribution in [0, 0.1) is 0 Å². The number of carbonyl (C=O) groups excluding carboxylic acids is 1. The van der Waals surface area contributed by atoms with Crippen LogP contribution in [-0.4, -0.2) is 22.4 Å². The Balaban J connectivity index is 2.08. The fourth-order valence-corrected chi connectivity index (χ4v) is 3.97. The van der Waals surface area contributed by atoms with Crippen LogP contribution >= 0.6 is 23.2 Å². The molecule has 0 spiro atoms. The van der Waals surface area contributed by atoms with Gasteiger partial charge in [-0.25, -0.2) is 4.68 Å².